The molecular formula is C126H77N3O3S2. The predicted octanol–water partition coefficient (Wildman–Crippen LogP) is 37.9. The molecule has 0 amide bonds. The van der Waals surface area contributed by atoms with E-state index in [2.05, 4.69) is 458 Å². The van der Waals surface area contributed by atoms with Gasteiger partial charge in [0.25, 0.3) is 0 Å². The summed E-state index contributed by atoms with van der Waals surface area (Å²) in [6.45, 7) is 0. The largest absolute Gasteiger partial charge is 0.456 e. The number of furan rings is 3. The number of fused-ring (bicyclic) bond motifs is 35. The summed E-state index contributed by atoms with van der Waals surface area (Å²) in [6.07, 6.45) is 0. The lowest BCUT2D eigenvalue weighted by atomic mass is 9.92. The van der Waals surface area contributed by atoms with Crippen LogP contribution in [0.3, 0.4) is 0 Å². The van der Waals surface area contributed by atoms with Crippen LogP contribution < -0.4 is 14.7 Å². The predicted molar refractivity (Wildman–Crippen MR) is 574 cm³/mol. The van der Waals surface area contributed by atoms with E-state index in [1.807, 2.05) is 46.9 Å². The smallest absolute Gasteiger partial charge is 0.143 e. The highest BCUT2D eigenvalue weighted by Gasteiger charge is 2.27. The van der Waals surface area contributed by atoms with Crippen LogP contribution in [0, 0.1) is 0 Å². The van der Waals surface area contributed by atoms with Gasteiger partial charge >= 0.3 is 0 Å². The highest BCUT2D eigenvalue weighted by molar-refractivity contribution is 7.26. The Bertz CT molecular complexity index is 9420. The van der Waals surface area contributed by atoms with E-state index in [0.29, 0.717) is 0 Å². The Hall–Kier alpha value is -17.1. The van der Waals surface area contributed by atoms with Crippen molar-refractivity contribution < 1.29 is 13.3 Å². The first-order valence-corrected chi connectivity index (χ1v) is 47.2. The molecule has 24 aromatic carbocycles. The van der Waals surface area contributed by atoms with Gasteiger partial charge in [0, 0.05) is 118 Å². The maximum Gasteiger partial charge on any atom is 0.143 e. The van der Waals surface area contributed by atoms with Gasteiger partial charge in [0.15, 0.2) is 0 Å². The minimum atomic E-state index is 0.879. The normalized spacial score (nSPS) is 11.9. The van der Waals surface area contributed by atoms with Gasteiger partial charge in [-0.25, -0.2) is 0 Å². The molecule has 0 fully saturated rings. The van der Waals surface area contributed by atoms with E-state index in [1.54, 1.807) is 0 Å². The molecule has 0 aliphatic heterocycles. The number of anilines is 9. The van der Waals surface area contributed by atoms with Gasteiger partial charge in [-0.1, -0.05) is 322 Å². The van der Waals surface area contributed by atoms with Gasteiger partial charge in [-0.3, -0.25) is 0 Å². The number of para-hydroxylation sites is 6. The van der Waals surface area contributed by atoms with Crippen LogP contribution in [0.1, 0.15) is 0 Å². The summed E-state index contributed by atoms with van der Waals surface area (Å²) < 4.78 is 24.6. The Kier molecular flexibility index (Phi) is 18.0. The van der Waals surface area contributed by atoms with E-state index in [0.717, 1.165) is 111 Å². The van der Waals surface area contributed by atoms with Crippen LogP contribution in [-0.2, 0) is 0 Å². The zero-order valence-electron chi connectivity index (χ0n) is 72.3. The number of benzene rings is 24. The molecule has 0 saturated carbocycles. The van der Waals surface area contributed by atoms with E-state index in [4.69, 9.17) is 13.3 Å². The Morgan fingerprint density at radius 2 is 0.478 bits per heavy atom. The molecule has 0 radical (unpaired) electrons. The topological polar surface area (TPSA) is 49.1 Å². The van der Waals surface area contributed by atoms with Crippen LogP contribution in [0.25, 0.3) is 214 Å². The summed E-state index contributed by atoms with van der Waals surface area (Å²) in [6, 6.07) is 168. The minimum absolute atomic E-state index is 0.879. The van der Waals surface area contributed by atoms with E-state index >= 15 is 0 Å². The molecule has 0 bridgehead atoms. The average molecular weight is 1750 g/mol. The summed E-state index contributed by atoms with van der Waals surface area (Å²) in [7, 11) is 0. The van der Waals surface area contributed by atoms with Crippen molar-refractivity contribution in [2.45, 2.75) is 0 Å². The molecule has 29 aromatic rings. The number of hydrogen-bond donors (Lipinski definition) is 0. The lowest BCUT2D eigenvalue weighted by Crippen LogP contribution is -2.10. The molecule has 0 atom stereocenters. The van der Waals surface area contributed by atoms with Gasteiger partial charge < -0.3 is 28.0 Å². The molecule has 0 N–H and O–H groups in total. The second-order valence-electron chi connectivity index (χ2n) is 34.7. The number of nitrogens with zero attached hydrogens (tertiary/aromatic N) is 3. The number of rotatable bonds is 10. The minimum Gasteiger partial charge on any atom is -0.456 e. The average Bonchev–Trinajstić information content (AvgIpc) is 1.53. The first kappa shape index (κ1) is 76.9. The Balaban J connectivity index is 0.000000102. The third-order valence-corrected chi connectivity index (χ3v) is 29.5. The van der Waals surface area contributed by atoms with Gasteiger partial charge in [-0.2, -0.15) is 0 Å². The van der Waals surface area contributed by atoms with Crippen molar-refractivity contribution in [1.29, 1.82) is 0 Å². The summed E-state index contributed by atoms with van der Waals surface area (Å²) >= 11 is 3.74. The molecule has 134 heavy (non-hydrogen) atoms. The maximum atomic E-state index is 6.49. The summed E-state index contributed by atoms with van der Waals surface area (Å²) in [5.41, 5.74) is 18.1. The van der Waals surface area contributed by atoms with E-state index < -0.39 is 0 Å². The second-order valence-corrected chi connectivity index (χ2v) is 36.8. The second kappa shape index (κ2) is 31.3. The van der Waals surface area contributed by atoms with Crippen LogP contribution in [-0.4, -0.2) is 0 Å². The molecule has 0 aliphatic rings. The first-order valence-electron chi connectivity index (χ1n) is 45.6. The third-order valence-electron chi connectivity index (χ3n) is 27.2. The molecule has 0 aliphatic carbocycles. The lowest BCUT2D eigenvalue weighted by Gasteiger charge is -2.27. The van der Waals surface area contributed by atoms with Crippen LogP contribution in [0.2, 0.25) is 0 Å². The van der Waals surface area contributed by atoms with Crippen LogP contribution in [0.5, 0.6) is 0 Å². The molecule has 6 nitrogen and oxygen atoms in total. The monoisotopic (exact) mass is 1740 g/mol. The van der Waals surface area contributed by atoms with E-state index in [-0.39, 0.29) is 0 Å². The maximum absolute atomic E-state index is 6.49. The third kappa shape index (κ3) is 12.4. The quantitative estimate of drug-likeness (QED) is 0.127. The van der Waals surface area contributed by atoms with Crippen LogP contribution in [0.15, 0.2) is 480 Å². The van der Waals surface area contributed by atoms with Crippen molar-refractivity contribution >= 4 is 277 Å². The molecular weight excluding hydrogens is 1670 g/mol. The Morgan fingerprint density at radius 3 is 1.00 bits per heavy atom. The van der Waals surface area contributed by atoms with Crippen molar-refractivity contribution in [3.05, 3.63) is 467 Å². The van der Waals surface area contributed by atoms with Crippen molar-refractivity contribution in [1.82, 2.24) is 0 Å². The highest BCUT2D eigenvalue weighted by Crippen LogP contribution is 2.53. The molecule has 0 saturated heterocycles. The zero-order valence-corrected chi connectivity index (χ0v) is 74.0. The molecule has 0 spiro atoms. The van der Waals surface area contributed by atoms with E-state index in [1.165, 1.54) is 154 Å². The van der Waals surface area contributed by atoms with Crippen molar-refractivity contribution in [3.8, 4) is 11.1 Å². The molecule has 5 heterocycles. The number of hydrogen-bond acceptors (Lipinski definition) is 8. The summed E-state index contributed by atoms with van der Waals surface area (Å²) in [4.78, 5) is 7.11. The molecule has 5 aromatic heterocycles. The van der Waals surface area contributed by atoms with Crippen LogP contribution >= 0.6 is 22.7 Å². The van der Waals surface area contributed by atoms with E-state index in [9.17, 15) is 0 Å². The van der Waals surface area contributed by atoms with Gasteiger partial charge in [0.2, 0.25) is 0 Å². The fraction of sp³-hybridized carbons (Fsp3) is 0. The molecule has 8 heteroatoms. The SMILES string of the molecule is c1ccc(-c2ccc(N(c3ccccc3)c3ccc4c(ccc5ccc6ccc7sc8ccccc8c7c6c54)c3)cc2)cc1.c1ccc(N(c2ccc3c(ccc4c3c3ccccc3c3oc5ccccc5c43)c2)c2cccc3oc4ccccc4c23)cc1.c1ccc(N(c2ccc3c(ccc4c3c3ccccc3c3oc5ccccc5c43)c2)c2cccc3sc4ccccc4c23)cc1. The van der Waals surface area contributed by atoms with Crippen LogP contribution in [0.4, 0.5) is 51.2 Å². The van der Waals surface area contributed by atoms with Gasteiger partial charge in [-0.15, -0.1) is 22.7 Å². The van der Waals surface area contributed by atoms with Crippen molar-refractivity contribution in [2.75, 3.05) is 14.7 Å². The first-order chi connectivity index (χ1) is 66.5. The Morgan fingerprint density at radius 1 is 0.149 bits per heavy atom. The van der Waals surface area contributed by atoms with Gasteiger partial charge in [-0.05, 0) is 243 Å². The number of thiophene rings is 2. The highest BCUT2D eigenvalue weighted by atomic mass is 32.1. The van der Waals surface area contributed by atoms with Crippen molar-refractivity contribution in [3.63, 3.8) is 0 Å². The van der Waals surface area contributed by atoms with Crippen molar-refractivity contribution in [2.24, 2.45) is 0 Å². The molecule has 0 unspecified atom stereocenters. The standard InChI is InChI=1S/C42H25NO2.C42H25NOS.C42H27NS/c1-2-11-27(12-3-1)43(35-17-10-20-38-41(35)33-16-7-8-18-36(33)44-38)28-22-24-29-26(25-28)21-23-34-39(29)30-13-4-5-14-31(30)42-40(34)32-15-6-9-19-37(32)45-42;1-2-11-27(12-3-1)43(35-17-10-20-38-41(35)33-16-7-9-19-37(33)45-38)28-22-24-29-26(25-28)21-23-34-39(29)30-13-4-5-14-31(30)42-40(34)32-15-6-8-18-36(32)44-42;1-3-9-28(10-4-1)29-19-22-34(23-20-29)43(33-11-5-2-6-12-33)35-24-25-36-32(27-35)18-17-30-15-16-31-21-26-39-42(41(31)40(30)36)37-13-7-8-14-38(37)44-39/h2*1-25H;1-27H. The lowest BCUT2D eigenvalue weighted by molar-refractivity contribution is 0.669. The fourth-order valence-electron chi connectivity index (χ4n) is 21.4. The van der Waals surface area contributed by atoms with Gasteiger partial charge in [0.05, 0.1) is 16.8 Å². The Labute approximate surface area is 777 Å². The molecule has 626 valence electrons. The summed E-state index contributed by atoms with van der Waals surface area (Å²) in [5, 5.41) is 34.5. The zero-order chi connectivity index (χ0) is 88.0. The fourth-order valence-corrected chi connectivity index (χ4v) is 23.6. The molecule has 29 rings (SSSR count). The van der Waals surface area contributed by atoms with Gasteiger partial charge in [0.1, 0.15) is 33.5 Å². The summed E-state index contributed by atoms with van der Waals surface area (Å²) in [5.74, 6) is 0.